The first kappa shape index (κ1) is 26.8. The van der Waals surface area contributed by atoms with Crippen molar-refractivity contribution in [2.45, 2.75) is 37.6 Å². The number of nitroso groups, excluding NO2 is 1. The van der Waals surface area contributed by atoms with E-state index < -0.39 is 40.2 Å². The Morgan fingerprint density at radius 2 is 2.11 bits per heavy atom. The van der Waals surface area contributed by atoms with Gasteiger partial charge in [0.25, 0.3) is 11.8 Å². The zero-order valence-corrected chi connectivity index (χ0v) is 20.2. The highest BCUT2D eigenvalue weighted by Crippen LogP contribution is 2.27. The molecule has 3 rings (SSSR count). The summed E-state index contributed by atoms with van der Waals surface area (Å²) in [4.78, 5) is 45.0. The number of anilines is 1. The van der Waals surface area contributed by atoms with Gasteiger partial charge in [0.2, 0.25) is 6.04 Å². The normalized spacial score (nSPS) is 18.4. The second-order valence-electron chi connectivity index (χ2n) is 7.51. The average molecular weight is 545 g/mol. The standard InChI is InChI=1S/C16H24N12O6S2/c17-15(18)21-3-1-2-20-4-8-5-22-27(25-8)6-10-12(14(30)28(10)36(32,33)34)24-13(29)11(26-31)9-7-35-16(19)23-9/h5,7,10-12,20H,1-4,6H2,(H2,19,23)(H,24,29)(H4,17,18,21)(H,32,33,34). The Hall–Kier alpha value is -3.75. The van der Waals surface area contributed by atoms with E-state index in [0.29, 0.717) is 31.7 Å². The number of hydrogen-bond acceptors (Lipinski definition) is 13. The number of hydrogen-bond donors (Lipinski definition) is 6. The zero-order valence-electron chi connectivity index (χ0n) is 18.6. The Bertz CT molecular complexity index is 1240. The van der Waals surface area contributed by atoms with Crippen molar-refractivity contribution in [2.24, 2.45) is 21.6 Å². The molecular formula is C16H24N12O6S2. The first-order valence-corrected chi connectivity index (χ1v) is 12.6. The van der Waals surface area contributed by atoms with Gasteiger partial charge < -0.3 is 27.8 Å². The van der Waals surface area contributed by atoms with Crippen molar-refractivity contribution >= 4 is 44.5 Å². The lowest BCUT2D eigenvalue weighted by atomic mass is 9.98. The zero-order chi connectivity index (χ0) is 26.5. The maximum absolute atomic E-state index is 12.6. The van der Waals surface area contributed by atoms with Gasteiger partial charge >= 0.3 is 10.3 Å². The summed E-state index contributed by atoms with van der Waals surface area (Å²) in [6.07, 6.45) is 2.10. The fourth-order valence-electron chi connectivity index (χ4n) is 3.33. The number of amides is 2. The average Bonchev–Trinajstić information content (AvgIpc) is 3.42. The molecular weight excluding hydrogens is 520 g/mol. The quantitative estimate of drug-likeness (QED) is 0.0368. The van der Waals surface area contributed by atoms with E-state index in [1.807, 2.05) is 0 Å². The minimum atomic E-state index is -4.94. The number of guanidine groups is 1. The lowest BCUT2D eigenvalue weighted by Gasteiger charge is -2.43. The van der Waals surface area contributed by atoms with Crippen LogP contribution in [0.3, 0.4) is 0 Å². The summed E-state index contributed by atoms with van der Waals surface area (Å²) >= 11 is 0.983. The summed E-state index contributed by atoms with van der Waals surface area (Å²) in [5, 5.41) is 17.8. The molecule has 1 aliphatic rings. The van der Waals surface area contributed by atoms with Gasteiger partial charge in [0, 0.05) is 18.5 Å². The molecule has 9 N–H and O–H groups in total. The number of rotatable bonds is 13. The molecule has 196 valence electrons. The molecule has 0 saturated carbocycles. The van der Waals surface area contributed by atoms with E-state index in [1.165, 1.54) is 11.6 Å². The Morgan fingerprint density at radius 1 is 1.36 bits per heavy atom. The maximum atomic E-state index is 12.6. The minimum absolute atomic E-state index is 0.00613. The number of aliphatic imine (C=N–C) groups is 1. The largest absolute Gasteiger partial charge is 0.375 e. The second-order valence-corrected chi connectivity index (χ2v) is 9.69. The molecule has 0 aromatic carbocycles. The van der Waals surface area contributed by atoms with Crippen molar-refractivity contribution in [3.8, 4) is 0 Å². The summed E-state index contributed by atoms with van der Waals surface area (Å²) in [7, 11) is -4.94. The van der Waals surface area contributed by atoms with Crippen molar-refractivity contribution in [1.29, 1.82) is 0 Å². The van der Waals surface area contributed by atoms with Crippen molar-refractivity contribution in [3.63, 3.8) is 0 Å². The van der Waals surface area contributed by atoms with Crippen LogP contribution in [0.2, 0.25) is 0 Å². The maximum Gasteiger partial charge on any atom is 0.362 e. The summed E-state index contributed by atoms with van der Waals surface area (Å²) in [6, 6.07) is -4.28. The van der Waals surface area contributed by atoms with Crippen LogP contribution in [0.15, 0.2) is 21.7 Å². The number of nitrogen functional groups attached to an aromatic ring is 1. The van der Waals surface area contributed by atoms with Crippen LogP contribution in [-0.4, -0.2) is 80.2 Å². The number of nitrogens with one attached hydrogen (secondary N) is 2. The fourth-order valence-corrected chi connectivity index (χ4v) is 4.79. The predicted octanol–water partition coefficient (Wildman–Crippen LogP) is -2.92. The number of carbonyl (C=O) groups is 2. The van der Waals surface area contributed by atoms with Gasteiger partial charge in [-0.1, -0.05) is 0 Å². The third kappa shape index (κ3) is 6.47. The van der Waals surface area contributed by atoms with Gasteiger partial charge in [-0.2, -0.15) is 23.4 Å². The molecule has 2 aromatic rings. The summed E-state index contributed by atoms with van der Waals surface area (Å²) in [5.74, 6) is -2.09. The van der Waals surface area contributed by atoms with Gasteiger partial charge in [0.05, 0.1) is 24.1 Å². The lowest BCUT2D eigenvalue weighted by molar-refractivity contribution is -0.146. The van der Waals surface area contributed by atoms with Crippen LogP contribution in [0.25, 0.3) is 0 Å². The van der Waals surface area contributed by atoms with Crippen LogP contribution in [0, 0.1) is 4.91 Å². The van der Waals surface area contributed by atoms with Crippen LogP contribution < -0.4 is 27.8 Å². The van der Waals surface area contributed by atoms with Gasteiger partial charge in [-0.05, 0) is 18.1 Å². The highest BCUT2D eigenvalue weighted by molar-refractivity contribution is 7.84. The van der Waals surface area contributed by atoms with Gasteiger partial charge in [-0.15, -0.1) is 16.2 Å². The number of thiazole rings is 1. The second kappa shape index (κ2) is 11.3. The van der Waals surface area contributed by atoms with Gasteiger partial charge in [0.15, 0.2) is 11.1 Å². The molecule has 1 fully saturated rings. The first-order valence-electron chi connectivity index (χ1n) is 10.3. The molecule has 2 amide bonds. The van der Waals surface area contributed by atoms with Crippen LogP contribution in [0.1, 0.15) is 23.9 Å². The molecule has 1 aliphatic heterocycles. The number of carbonyl (C=O) groups excluding carboxylic acids is 2. The van der Waals surface area contributed by atoms with Gasteiger partial charge in [-0.25, -0.2) is 9.29 Å². The van der Waals surface area contributed by atoms with Crippen molar-refractivity contribution in [2.75, 3.05) is 18.8 Å². The van der Waals surface area contributed by atoms with Crippen molar-refractivity contribution < 1.29 is 22.6 Å². The lowest BCUT2D eigenvalue weighted by Crippen LogP contribution is -2.73. The highest BCUT2D eigenvalue weighted by Gasteiger charge is 2.54. The summed E-state index contributed by atoms with van der Waals surface area (Å²) in [6.45, 7) is 1.08. The van der Waals surface area contributed by atoms with E-state index in [1.54, 1.807) is 0 Å². The van der Waals surface area contributed by atoms with Crippen LogP contribution in [0.4, 0.5) is 5.13 Å². The SMILES string of the molecule is NC(N)=NCCCNCc1cnn(CC2C(NC(=O)C(N=O)c3csc(N)n3)C(=O)N2S(=O)(=O)O)n1. The van der Waals surface area contributed by atoms with Crippen molar-refractivity contribution in [1.82, 2.24) is 34.9 Å². The number of nitrogens with two attached hydrogens (primary N) is 3. The smallest absolute Gasteiger partial charge is 0.362 e. The molecule has 0 radical (unpaired) electrons. The summed E-state index contributed by atoms with van der Waals surface area (Å²) < 4.78 is 33.1. The number of β-lactam (4-membered cyclic amide) rings is 1. The Labute approximate surface area is 208 Å². The molecule has 18 nitrogen and oxygen atoms in total. The van der Waals surface area contributed by atoms with E-state index in [4.69, 9.17) is 17.2 Å². The molecule has 0 spiro atoms. The molecule has 0 aliphatic carbocycles. The molecule has 20 heteroatoms. The van der Waals surface area contributed by atoms with Crippen molar-refractivity contribution in [3.05, 3.63) is 27.9 Å². The highest BCUT2D eigenvalue weighted by atomic mass is 32.2. The van der Waals surface area contributed by atoms with Crippen LogP contribution >= 0.6 is 11.3 Å². The molecule has 3 atom stereocenters. The fraction of sp³-hybridized carbons (Fsp3) is 0.500. The van der Waals surface area contributed by atoms with Crippen LogP contribution in [0.5, 0.6) is 0 Å². The van der Waals surface area contributed by atoms with E-state index in [-0.39, 0.29) is 27.6 Å². The topological polar surface area (TPSA) is 279 Å². The number of nitrogens with zero attached hydrogens (tertiary/aromatic N) is 7. The first-order chi connectivity index (χ1) is 17.0. The molecule has 3 unspecified atom stereocenters. The predicted molar refractivity (Wildman–Crippen MR) is 126 cm³/mol. The third-order valence-corrected chi connectivity index (χ3v) is 6.58. The van der Waals surface area contributed by atoms with Crippen LogP contribution in [-0.2, 0) is 33.0 Å². The molecule has 0 bridgehead atoms. The third-order valence-electron chi connectivity index (χ3n) is 4.94. The molecule has 36 heavy (non-hydrogen) atoms. The van der Waals surface area contributed by atoms with E-state index >= 15 is 0 Å². The minimum Gasteiger partial charge on any atom is -0.375 e. The Kier molecular flexibility index (Phi) is 8.45. The van der Waals surface area contributed by atoms with Gasteiger partial charge in [0.1, 0.15) is 12.1 Å². The van der Waals surface area contributed by atoms with Gasteiger partial charge in [-0.3, -0.25) is 19.1 Å². The molecule has 1 saturated heterocycles. The summed E-state index contributed by atoms with van der Waals surface area (Å²) in [5.41, 5.74) is 16.5. The van der Waals surface area contributed by atoms with E-state index in [0.717, 1.165) is 16.1 Å². The molecule has 3 heterocycles. The van der Waals surface area contributed by atoms with E-state index in [9.17, 15) is 27.5 Å². The Balaban J connectivity index is 1.64. The Morgan fingerprint density at radius 3 is 2.72 bits per heavy atom. The monoisotopic (exact) mass is 544 g/mol. The number of aromatic nitrogens is 4. The molecule has 2 aromatic heterocycles. The van der Waals surface area contributed by atoms with E-state index in [2.05, 4.69) is 36.0 Å².